The summed E-state index contributed by atoms with van der Waals surface area (Å²) in [4.78, 5) is 16.9. The third kappa shape index (κ3) is 6.00. The van der Waals surface area contributed by atoms with Crippen molar-refractivity contribution in [3.8, 4) is 5.75 Å². The Labute approximate surface area is 201 Å². The van der Waals surface area contributed by atoms with Crippen molar-refractivity contribution >= 4 is 5.91 Å². The van der Waals surface area contributed by atoms with Crippen molar-refractivity contribution in [2.24, 2.45) is 0 Å². The lowest BCUT2D eigenvalue weighted by Crippen LogP contribution is -2.49. The van der Waals surface area contributed by atoms with E-state index in [4.69, 9.17) is 4.74 Å². The van der Waals surface area contributed by atoms with Crippen LogP contribution >= 0.6 is 0 Å². The lowest BCUT2D eigenvalue weighted by molar-refractivity contribution is -0.133. The van der Waals surface area contributed by atoms with Crippen molar-refractivity contribution in [2.75, 3.05) is 39.3 Å². The molecule has 4 rings (SSSR count). The summed E-state index contributed by atoms with van der Waals surface area (Å²) in [6, 6.07) is 20.0. The molecule has 1 amide bonds. The predicted octanol–water partition coefficient (Wildman–Crippen LogP) is 4.99. The molecule has 4 nitrogen and oxygen atoms in total. The first-order valence-corrected chi connectivity index (χ1v) is 11.5. The lowest BCUT2D eigenvalue weighted by atomic mass is 9.88. The third-order valence-corrected chi connectivity index (χ3v) is 6.23. The monoisotopic (exact) mass is 486 g/mol. The van der Waals surface area contributed by atoms with Crippen LogP contribution in [0.15, 0.2) is 66.7 Å². The molecule has 1 aliphatic rings. The second-order valence-corrected chi connectivity index (χ2v) is 8.45. The van der Waals surface area contributed by atoms with Crippen molar-refractivity contribution in [1.82, 2.24) is 9.80 Å². The first-order chi connectivity index (χ1) is 16.9. The fraction of sp³-hybridized carbons (Fsp3) is 0.296. The van der Waals surface area contributed by atoms with Crippen LogP contribution < -0.4 is 4.74 Å². The zero-order chi connectivity index (χ0) is 24.8. The van der Waals surface area contributed by atoms with E-state index in [-0.39, 0.29) is 24.5 Å². The number of hydrogen-bond acceptors (Lipinski definition) is 3. The van der Waals surface area contributed by atoms with Gasteiger partial charge in [0.2, 0.25) is 17.5 Å². The molecule has 3 aromatic rings. The molecule has 1 heterocycles. The highest BCUT2D eigenvalue weighted by Gasteiger charge is 2.26. The molecule has 0 N–H and O–H groups in total. The van der Waals surface area contributed by atoms with Gasteiger partial charge in [-0.25, -0.2) is 8.78 Å². The number of hydrogen-bond donors (Lipinski definition) is 0. The topological polar surface area (TPSA) is 32.8 Å². The first kappa shape index (κ1) is 24.7. The van der Waals surface area contributed by atoms with Crippen LogP contribution in [0.25, 0.3) is 0 Å². The molecule has 0 radical (unpaired) electrons. The number of halogens is 4. The van der Waals surface area contributed by atoms with Gasteiger partial charge in [-0.1, -0.05) is 60.7 Å². The molecular weight excluding hydrogens is 460 g/mol. The Bertz CT molecular complexity index is 1070. The van der Waals surface area contributed by atoms with Gasteiger partial charge in [-0.05, 0) is 11.1 Å². The highest BCUT2D eigenvalue weighted by atomic mass is 19.2. The minimum atomic E-state index is -1.55. The van der Waals surface area contributed by atoms with E-state index in [0.717, 1.165) is 11.1 Å². The molecule has 8 heteroatoms. The smallest absolute Gasteiger partial charge is 0.223 e. The Hall–Kier alpha value is -3.39. The Kier molecular flexibility index (Phi) is 8.02. The summed E-state index contributed by atoms with van der Waals surface area (Å²) >= 11 is 0. The SMILES string of the molecule is O=C(CC(c1ccccc1)c1ccccc1)N1CCN(CCOc2c(F)c(F)cc(F)c2F)CC1. The van der Waals surface area contributed by atoms with Gasteiger partial charge in [0, 0.05) is 51.1 Å². The Morgan fingerprint density at radius 3 is 1.83 bits per heavy atom. The van der Waals surface area contributed by atoms with E-state index in [1.807, 2.05) is 70.5 Å². The van der Waals surface area contributed by atoms with Gasteiger partial charge in [-0.2, -0.15) is 8.78 Å². The van der Waals surface area contributed by atoms with E-state index >= 15 is 0 Å². The fourth-order valence-electron chi connectivity index (χ4n) is 4.28. The summed E-state index contributed by atoms with van der Waals surface area (Å²) < 4.78 is 59.1. The van der Waals surface area contributed by atoms with Crippen LogP contribution in [0.2, 0.25) is 0 Å². The molecule has 0 saturated carbocycles. The van der Waals surface area contributed by atoms with Crippen LogP contribution in [-0.2, 0) is 4.79 Å². The molecule has 0 aromatic heterocycles. The maximum Gasteiger partial charge on any atom is 0.223 e. The second kappa shape index (κ2) is 11.4. The van der Waals surface area contributed by atoms with Crippen LogP contribution in [0.3, 0.4) is 0 Å². The number of ether oxygens (including phenoxy) is 1. The summed E-state index contributed by atoms with van der Waals surface area (Å²) in [5.41, 5.74) is 2.16. The van der Waals surface area contributed by atoms with Crippen molar-refractivity contribution in [3.05, 3.63) is 101 Å². The predicted molar refractivity (Wildman–Crippen MR) is 124 cm³/mol. The van der Waals surface area contributed by atoms with E-state index in [2.05, 4.69) is 0 Å². The van der Waals surface area contributed by atoms with Crippen LogP contribution in [0.5, 0.6) is 5.75 Å². The zero-order valence-electron chi connectivity index (χ0n) is 19.1. The highest BCUT2D eigenvalue weighted by Crippen LogP contribution is 2.29. The molecule has 1 fully saturated rings. The number of nitrogens with zero attached hydrogens (tertiary/aromatic N) is 2. The minimum Gasteiger partial charge on any atom is -0.486 e. The summed E-state index contributed by atoms with van der Waals surface area (Å²) in [6.45, 7) is 2.28. The number of piperazine rings is 1. The average Bonchev–Trinajstić information content (AvgIpc) is 2.89. The van der Waals surface area contributed by atoms with Gasteiger partial charge in [0.05, 0.1) is 0 Å². The molecule has 3 aromatic carbocycles. The number of carbonyl (C=O) groups excluding carboxylic acids is 1. The molecule has 1 aliphatic heterocycles. The van der Waals surface area contributed by atoms with Gasteiger partial charge >= 0.3 is 0 Å². The second-order valence-electron chi connectivity index (χ2n) is 8.45. The quantitative estimate of drug-likeness (QED) is 0.332. The number of carbonyl (C=O) groups is 1. The molecule has 0 bridgehead atoms. The molecule has 1 saturated heterocycles. The van der Waals surface area contributed by atoms with E-state index in [9.17, 15) is 22.4 Å². The van der Waals surface area contributed by atoms with E-state index in [0.29, 0.717) is 39.1 Å². The summed E-state index contributed by atoms with van der Waals surface area (Å²) in [5, 5.41) is 0. The molecule has 0 atom stereocenters. The standard InChI is InChI=1S/C27H26F4N2O2/c28-22-18-23(29)26(31)27(25(22)30)35-16-15-32-11-13-33(14-12-32)24(34)17-21(19-7-3-1-4-8-19)20-9-5-2-6-10-20/h1-10,18,21H,11-17H2. The largest absolute Gasteiger partial charge is 0.486 e. The summed E-state index contributed by atoms with van der Waals surface area (Å²) in [5.74, 6) is -7.16. The van der Waals surface area contributed by atoms with Gasteiger partial charge in [0.15, 0.2) is 17.4 Å². The van der Waals surface area contributed by atoms with Gasteiger partial charge in [0.1, 0.15) is 6.61 Å². The van der Waals surface area contributed by atoms with Gasteiger partial charge in [0.25, 0.3) is 0 Å². The van der Waals surface area contributed by atoms with E-state index < -0.39 is 29.0 Å². The summed E-state index contributed by atoms with van der Waals surface area (Å²) in [6.07, 6.45) is 0.348. The summed E-state index contributed by atoms with van der Waals surface area (Å²) in [7, 11) is 0. The number of amides is 1. The van der Waals surface area contributed by atoms with Gasteiger partial charge in [-0.15, -0.1) is 0 Å². The van der Waals surface area contributed by atoms with Crippen LogP contribution in [0.1, 0.15) is 23.5 Å². The van der Waals surface area contributed by atoms with E-state index in [1.54, 1.807) is 0 Å². The Balaban J connectivity index is 1.30. The molecule has 0 unspecified atom stereocenters. The first-order valence-electron chi connectivity index (χ1n) is 11.5. The maximum absolute atomic E-state index is 13.7. The van der Waals surface area contributed by atoms with Crippen LogP contribution in [0.4, 0.5) is 17.6 Å². The number of rotatable bonds is 8. The van der Waals surface area contributed by atoms with Crippen molar-refractivity contribution in [1.29, 1.82) is 0 Å². The molecule has 0 spiro atoms. The molecule has 35 heavy (non-hydrogen) atoms. The molecule has 0 aliphatic carbocycles. The Morgan fingerprint density at radius 1 is 0.800 bits per heavy atom. The zero-order valence-corrected chi connectivity index (χ0v) is 19.1. The van der Waals surface area contributed by atoms with Crippen molar-refractivity contribution < 1.29 is 27.1 Å². The molecular formula is C27H26F4N2O2. The normalized spacial score (nSPS) is 14.4. The minimum absolute atomic E-state index is 0.0483. The van der Waals surface area contributed by atoms with Crippen LogP contribution in [-0.4, -0.2) is 55.0 Å². The Morgan fingerprint density at radius 2 is 1.31 bits per heavy atom. The van der Waals surface area contributed by atoms with E-state index in [1.165, 1.54) is 0 Å². The van der Waals surface area contributed by atoms with Crippen molar-refractivity contribution in [2.45, 2.75) is 12.3 Å². The maximum atomic E-state index is 13.7. The molecule has 184 valence electrons. The van der Waals surface area contributed by atoms with Crippen molar-refractivity contribution in [3.63, 3.8) is 0 Å². The fourth-order valence-corrected chi connectivity index (χ4v) is 4.28. The third-order valence-electron chi connectivity index (χ3n) is 6.23. The number of benzene rings is 3. The lowest BCUT2D eigenvalue weighted by Gasteiger charge is -2.35. The highest BCUT2D eigenvalue weighted by molar-refractivity contribution is 5.78. The van der Waals surface area contributed by atoms with Gasteiger partial charge in [-0.3, -0.25) is 9.69 Å². The van der Waals surface area contributed by atoms with Crippen LogP contribution in [0, 0.1) is 23.3 Å². The van der Waals surface area contributed by atoms with Gasteiger partial charge < -0.3 is 9.64 Å². The average molecular weight is 487 g/mol.